The molecular formula is C25H25N3O4. The molecule has 0 atom stereocenters. The number of ether oxygens (including phenoxy) is 2. The molecule has 3 amide bonds. The number of para-hydroxylation sites is 2. The standard InChI is InChI=1S/C25H25N3O4/c1-31-22-10-6-5-7-18(22)13-14-28-16-19-15-21(11-12-23(19)32-17-24(28)29)27-25(30)26-20-8-3-2-4-9-20/h2-12,15H,13-14,16-17H2,1H3,(H2,26,27,30). The van der Waals surface area contributed by atoms with Crippen LogP contribution >= 0.6 is 0 Å². The molecule has 0 radical (unpaired) electrons. The van der Waals surface area contributed by atoms with Gasteiger partial charge in [0.2, 0.25) is 0 Å². The third-order valence-electron chi connectivity index (χ3n) is 5.26. The SMILES string of the molecule is COc1ccccc1CCN1Cc2cc(NC(=O)Nc3ccccc3)ccc2OCC1=O. The molecule has 0 bridgehead atoms. The topological polar surface area (TPSA) is 79.9 Å². The average molecular weight is 431 g/mol. The number of carbonyl (C=O) groups excluding carboxylic acids is 2. The van der Waals surface area contributed by atoms with Gasteiger partial charge in [0, 0.05) is 30.0 Å². The van der Waals surface area contributed by atoms with Crippen LogP contribution in [0.3, 0.4) is 0 Å². The Kier molecular flexibility index (Phi) is 6.55. The van der Waals surface area contributed by atoms with Gasteiger partial charge in [0.25, 0.3) is 5.91 Å². The normalized spacial score (nSPS) is 12.9. The lowest BCUT2D eigenvalue weighted by atomic mass is 10.1. The van der Waals surface area contributed by atoms with Gasteiger partial charge in [-0.1, -0.05) is 36.4 Å². The Hall–Kier alpha value is -4.00. The first-order valence-electron chi connectivity index (χ1n) is 10.4. The Labute approximate surface area is 187 Å². The molecule has 32 heavy (non-hydrogen) atoms. The van der Waals surface area contributed by atoms with Crippen molar-refractivity contribution >= 4 is 23.3 Å². The fourth-order valence-corrected chi connectivity index (χ4v) is 3.63. The van der Waals surface area contributed by atoms with Gasteiger partial charge >= 0.3 is 6.03 Å². The van der Waals surface area contributed by atoms with E-state index in [2.05, 4.69) is 10.6 Å². The van der Waals surface area contributed by atoms with Crippen molar-refractivity contribution in [2.75, 3.05) is 30.9 Å². The first-order chi connectivity index (χ1) is 15.6. The van der Waals surface area contributed by atoms with Crippen molar-refractivity contribution in [2.45, 2.75) is 13.0 Å². The van der Waals surface area contributed by atoms with Gasteiger partial charge in [0.1, 0.15) is 11.5 Å². The lowest BCUT2D eigenvalue weighted by Crippen LogP contribution is -2.34. The summed E-state index contributed by atoms with van der Waals surface area (Å²) in [5.41, 5.74) is 3.21. The van der Waals surface area contributed by atoms with E-state index in [1.54, 1.807) is 24.1 Å². The number of fused-ring (bicyclic) bond motifs is 1. The van der Waals surface area contributed by atoms with Crippen LogP contribution in [0.2, 0.25) is 0 Å². The summed E-state index contributed by atoms with van der Waals surface area (Å²) in [5.74, 6) is 1.38. The molecule has 4 rings (SSSR count). The number of nitrogens with zero attached hydrogens (tertiary/aromatic N) is 1. The number of hydrogen-bond donors (Lipinski definition) is 2. The molecule has 1 aliphatic rings. The van der Waals surface area contributed by atoms with Crippen LogP contribution in [-0.4, -0.2) is 37.1 Å². The highest BCUT2D eigenvalue weighted by molar-refractivity contribution is 5.99. The second kappa shape index (κ2) is 9.87. The van der Waals surface area contributed by atoms with Crippen molar-refractivity contribution in [3.8, 4) is 11.5 Å². The molecule has 0 aliphatic carbocycles. The van der Waals surface area contributed by atoms with E-state index < -0.39 is 0 Å². The third kappa shape index (κ3) is 5.18. The predicted octanol–water partition coefficient (Wildman–Crippen LogP) is 4.30. The summed E-state index contributed by atoms with van der Waals surface area (Å²) in [5, 5.41) is 5.62. The Balaban J connectivity index is 1.44. The zero-order valence-electron chi connectivity index (χ0n) is 17.8. The number of amides is 3. The molecule has 0 spiro atoms. The van der Waals surface area contributed by atoms with E-state index in [9.17, 15) is 9.59 Å². The molecule has 7 heteroatoms. The highest BCUT2D eigenvalue weighted by Gasteiger charge is 2.22. The van der Waals surface area contributed by atoms with Crippen molar-refractivity contribution in [3.05, 3.63) is 83.9 Å². The second-order valence-electron chi connectivity index (χ2n) is 7.43. The van der Waals surface area contributed by atoms with E-state index in [4.69, 9.17) is 9.47 Å². The van der Waals surface area contributed by atoms with Crippen LogP contribution in [0.5, 0.6) is 11.5 Å². The quantitative estimate of drug-likeness (QED) is 0.610. The van der Waals surface area contributed by atoms with Crippen molar-refractivity contribution in [1.82, 2.24) is 4.90 Å². The Morgan fingerprint density at radius 3 is 2.56 bits per heavy atom. The van der Waals surface area contributed by atoms with Gasteiger partial charge in [0.15, 0.2) is 6.61 Å². The van der Waals surface area contributed by atoms with E-state index in [1.807, 2.05) is 60.7 Å². The summed E-state index contributed by atoms with van der Waals surface area (Å²) in [4.78, 5) is 26.7. The summed E-state index contributed by atoms with van der Waals surface area (Å²) in [6, 6.07) is 22.1. The highest BCUT2D eigenvalue weighted by atomic mass is 16.5. The Morgan fingerprint density at radius 2 is 1.75 bits per heavy atom. The molecule has 2 N–H and O–H groups in total. The number of hydrogen-bond acceptors (Lipinski definition) is 4. The van der Waals surface area contributed by atoms with Crippen LogP contribution in [0.4, 0.5) is 16.2 Å². The Morgan fingerprint density at radius 1 is 1.00 bits per heavy atom. The van der Waals surface area contributed by atoms with Crippen LogP contribution in [0.25, 0.3) is 0 Å². The molecule has 0 saturated carbocycles. The summed E-state index contributed by atoms with van der Waals surface area (Å²) in [6.45, 7) is 0.924. The molecule has 0 fully saturated rings. The smallest absolute Gasteiger partial charge is 0.323 e. The minimum atomic E-state index is -0.338. The van der Waals surface area contributed by atoms with Gasteiger partial charge in [-0.2, -0.15) is 0 Å². The second-order valence-corrected chi connectivity index (χ2v) is 7.43. The number of methoxy groups -OCH3 is 1. The third-order valence-corrected chi connectivity index (χ3v) is 5.26. The van der Waals surface area contributed by atoms with Gasteiger partial charge in [-0.05, 0) is 48.4 Å². The summed E-state index contributed by atoms with van der Waals surface area (Å²) in [7, 11) is 1.64. The fraction of sp³-hybridized carbons (Fsp3) is 0.200. The molecule has 1 heterocycles. The molecular weight excluding hydrogens is 406 g/mol. The van der Waals surface area contributed by atoms with Crippen LogP contribution in [0, 0.1) is 0 Å². The van der Waals surface area contributed by atoms with Gasteiger partial charge in [-0.25, -0.2) is 4.79 Å². The largest absolute Gasteiger partial charge is 0.496 e. The summed E-state index contributed by atoms with van der Waals surface area (Å²) < 4.78 is 11.1. The number of benzene rings is 3. The number of anilines is 2. The minimum absolute atomic E-state index is 0.0137. The summed E-state index contributed by atoms with van der Waals surface area (Å²) in [6.07, 6.45) is 0.669. The highest BCUT2D eigenvalue weighted by Crippen LogP contribution is 2.27. The summed E-state index contributed by atoms with van der Waals surface area (Å²) >= 11 is 0. The number of carbonyl (C=O) groups is 2. The van der Waals surface area contributed by atoms with E-state index in [0.717, 1.165) is 16.9 Å². The Bertz CT molecular complexity index is 1100. The van der Waals surface area contributed by atoms with Crippen LogP contribution < -0.4 is 20.1 Å². The molecule has 1 aliphatic heterocycles. The van der Waals surface area contributed by atoms with Gasteiger partial charge in [-0.15, -0.1) is 0 Å². The maximum absolute atomic E-state index is 12.6. The van der Waals surface area contributed by atoms with Gasteiger partial charge in [0.05, 0.1) is 7.11 Å². The molecule has 164 valence electrons. The van der Waals surface area contributed by atoms with E-state index in [1.165, 1.54) is 0 Å². The first kappa shape index (κ1) is 21.2. The molecule has 3 aromatic rings. The van der Waals surface area contributed by atoms with Crippen molar-refractivity contribution in [3.63, 3.8) is 0 Å². The molecule has 3 aromatic carbocycles. The van der Waals surface area contributed by atoms with Gasteiger partial charge in [-0.3, -0.25) is 4.79 Å². The molecule has 7 nitrogen and oxygen atoms in total. The average Bonchev–Trinajstić information content (AvgIpc) is 2.96. The van der Waals surface area contributed by atoms with Crippen LogP contribution in [0.15, 0.2) is 72.8 Å². The van der Waals surface area contributed by atoms with E-state index in [-0.39, 0.29) is 18.5 Å². The predicted molar refractivity (Wildman–Crippen MR) is 123 cm³/mol. The maximum atomic E-state index is 12.6. The van der Waals surface area contributed by atoms with Crippen LogP contribution in [0.1, 0.15) is 11.1 Å². The van der Waals surface area contributed by atoms with E-state index in [0.29, 0.717) is 36.6 Å². The first-order valence-corrected chi connectivity index (χ1v) is 10.4. The maximum Gasteiger partial charge on any atom is 0.323 e. The van der Waals surface area contributed by atoms with Crippen molar-refractivity contribution in [2.24, 2.45) is 0 Å². The fourth-order valence-electron chi connectivity index (χ4n) is 3.63. The zero-order chi connectivity index (χ0) is 22.3. The lowest BCUT2D eigenvalue weighted by Gasteiger charge is -2.21. The monoisotopic (exact) mass is 431 g/mol. The number of nitrogens with one attached hydrogen (secondary N) is 2. The van der Waals surface area contributed by atoms with Crippen LogP contribution in [-0.2, 0) is 17.8 Å². The zero-order valence-corrected chi connectivity index (χ0v) is 17.8. The molecule has 0 aromatic heterocycles. The molecule has 0 unspecified atom stereocenters. The molecule has 0 saturated heterocycles. The number of rotatable bonds is 6. The van der Waals surface area contributed by atoms with E-state index >= 15 is 0 Å². The number of urea groups is 1. The van der Waals surface area contributed by atoms with Crippen molar-refractivity contribution in [1.29, 1.82) is 0 Å². The lowest BCUT2D eigenvalue weighted by molar-refractivity contribution is -0.133. The van der Waals surface area contributed by atoms with Gasteiger partial charge < -0.3 is 25.0 Å². The van der Waals surface area contributed by atoms with Crippen molar-refractivity contribution < 1.29 is 19.1 Å². The minimum Gasteiger partial charge on any atom is -0.496 e.